The first-order valence-electron chi connectivity index (χ1n) is 9.31. The van der Waals surface area contributed by atoms with Gasteiger partial charge in [0.1, 0.15) is 5.39 Å². The molecule has 8 heteroatoms. The van der Waals surface area contributed by atoms with Gasteiger partial charge in [-0.1, -0.05) is 63.4 Å². The zero-order valence-electron chi connectivity index (χ0n) is 15.8. The van der Waals surface area contributed by atoms with Crippen molar-refractivity contribution in [1.29, 1.82) is 0 Å². The van der Waals surface area contributed by atoms with Crippen molar-refractivity contribution in [3.05, 3.63) is 104 Å². The molecule has 0 aliphatic rings. The van der Waals surface area contributed by atoms with Crippen molar-refractivity contribution in [2.24, 2.45) is 0 Å². The molecule has 0 saturated carbocycles. The Morgan fingerprint density at radius 2 is 1.48 bits per heavy atom. The highest BCUT2D eigenvalue weighted by Crippen LogP contribution is 2.35. The van der Waals surface area contributed by atoms with Gasteiger partial charge in [-0.15, -0.1) is 0 Å². The quantitative estimate of drug-likeness (QED) is 0.285. The fourth-order valence-electron chi connectivity index (χ4n) is 3.43. The van der Waals surface area contributed by atoms with E-state index in [2.05, 4.69) is 21.0 Å². The third-order valence-corrected chi connectivity index (χ3v) is 6.03. The Bertz CT molecular complexity index is 1460. The summed E-state index contributed by atoms with van der Waals surface area (Å²) in [5.74, 6) is 0.341. The van der Waals surface area contributed by atoms with Crippen molar-refractivity contribution in [2.45, 2.75) is 0 Å². The van der Waals surface area contributed by atoms with Gasteiger partial charge in [0.15, 0.2) is 11.5 Å². The number of para-hydroxylation sites is 1. The predicted octanol–water partition coefficient (Wildman–Crippen LogP) is 6.31. The number of nitrogens with zero attached hydrogens (tertiary/aromatic N) is 4. The van der Waals surface area contributed by atoms with E-state index in [4.69, 9.17) is 28.2 Å². The highest BCUT2D eigenvalue weighted by Gasteiger charge is 2.21. The maximum absolute atomic E-state index is 13.6. The van der Waals surface area contributed by atoms with Crippen LogP contribution in [0, 0.1) is 0 Å². The summed E-state index contributed by atoms with van der Waals surface area (Å²) in [5.41, 5.74) is 2.08. The van der Waals surface area contributed by atoms with Crippen LogP contribution in [0.4, 0.5) is 0 Å². The zero-order valence-corrected chi connectivity index (χ0v) is 18.9. The lowest BCUT2D eigenvalue weighted by Crippen LogP contribution is -2.22. The second-order valence-corrected chi connectivity index (χ2v) is 8.51. The van der Waals surface area contributed by atoms with Crippen molar-refractivity contribution in [2.75, 3.05) is 0 Å². The Hall–Kier alpha value is -2.93. The lowest BCUT2D eigenvalue weighted by atomic mass is 10.2. The van der Waals surface area contributed by atoms with Gasteiger partial charge in [0.05, 0.1) is 33.2 Å². The molecule has 2 heterocycles. The van der Waals surface area contributed by atoms with Gasteiger partial charge in [-0.2, -0.15) is 5.10 Å². The molecule has 0 saturated heterocycles. The summed E-state index contributed by atoms with van der Waals surface area (Å²) in [6.07, 6.45) is 1.53. The van der Waals surface area contributed by atoms with E-state index in [1.165, 1.54) is 10.8 Å². The summed E-state index contributed by atoms with van der Waals surface area (Å²) in [6, 6.07) is 22.1. The summed E-state index contributed by atoms with van der Waals surface area (Å²) < 4.78 is 4.04. The van der Waals surface area contributed by atoms with Crippen LogP contribution in [0.25, 0.3) is 33.8 Å². The monoisotopic (exact) mass is 510 g/mol. The standard InChI is InChI=1S/C23H13BrCl2N4O/c24-14-9-11-15(12-10-14)29-22(20-18(25)7-4-8-19(20)26)28-21-17(23(29)31)13-27-30(21)16-5-2-1-3-6-16/h1-13H. The molecule has 0 spiro atoms. The van der Waals surface area contributed by atoms with E-state index in [9.17, 15) is 4.79 Å². The molecule has 152 valence electrons. The highest BCUT2D eigenvalue weighted by atomic mass is 79.9. The van der Waals surface area contributed by atoms with E-state index >= 15 is 0 Å². The molecule has 0 radical (unpaired) electrons. The number of halogens is 3. The van der Waals surface area contributed by atoms with Crippen molar-refractivity contribution in [3.63, 3.8) is 0 Å². The molecule has 5 rings (SSSR count). The van der Waals surface area contributed by atoms with E-state index in [0.29, 0.717) is 38.2 Å². The number of rotatable bonds is 3. The van der Waals surface area contributed by atoms with Crippen molar-refractivity contribution in [3.8, 4) is 22.8 Å². The Labute approximate surface area is 195 Å². The molecule has 2 aromatic heterocycles. The Morgan fingerprint density at radius 3 is 2.16 bits per heavy atom. The molecular weight excluding hydrogens is 499 g/mol. The minimum Gasteiger partial charge on any atom is -0.268 e. The fourth-order valence-corrected chi connectivity index (χ4v) is 4.27. The second-order valence-electron chi connectivity index (χ2n) is 6.78. The van der Waals surface area contributed by atoms with Gasteiger partial charge >= 0.3 is 0 Å². The smallest absolute Gasteiger partial charge is 0.268 e. The molecule has 0 amide bonds. The van der Waals surface area contributed by atoms with Gasteiger partial charge in [0.25, 0.3) is 5.56 Å². The van der Waals surface area contributed by atoms with Gasteiger partial charge in [0.2, 0.25) is 0 Å². The zero-order chi connectivity index (χ0) is 21.5. The normalized spacial score (nSPS) is 11.2. The van der Waals surface area contributed by atoms with Crippen LogP contribution in [0.15, 0.2) is 88.3 Å². The maximum atomic E-state index is 13.6. The van der Waals surface area contributed by atoms with Gasteiger partial charge in [-0.25, -0.2) is 9.67 Å². The topological polar surface area (TPSA) is 52.7 Å². The summed E-state index contributed by atoms with van der Waals surface area (Å²) in [6.45, 7) is 0. The molecule has 0 unspecified atom stereocenters. The molecule has 0 atom stereocenters. The summed E-state index contributed by atoms with van der Waals surface area (Å²) in [5, 5.41) is 5.61. The van der Waals surface area contributed by atoms with E-state index < -0.39 is 0 Å². The third kappa shape index (κ3) is 3.47. The highest BCUT2D eigenvalue weighted by molar-refractivity contribution is 9.10. The first-order valence-corrected chi connectivity index (χ1v) is 10.9. The molecule has 5 aromatic rings. The number of hydrogen-bond donors (Lipinski definition) is 0. The van der Waals surface area contributed by atoms with Crippen molar-refractivity contribution in [1.82, 2.24) is 19.3 Å². The SMILES string of the molecule is O=c1c2cnn(-c3ccccc3)c2nc(-c2c(Cl)cccc2Cl)n1-c1ccc(Br)cc1. The van der Waals surface area contributed by atoms with Crippen LogP contribution in [0.3, 0.4) is 0 Å². The third-order valence-electron chi connectivity index (χ3n) is 4.87. The molecule has 5 nitrogen and oxygen atoms in total. The Balaban J connectivity index is 1.91. The first kappa shape index (κ1) is 20.0. The number of aromatic nitrogens is 4. The van der Waals surface area contributed by atoms with Crippen molar-refractivity contribution < 1.29 is 0 Å². The first-order chi connectivity index (χ1) is 15.0. The second kappa shape index (κ2) is 7.96. The largest absolute Gasteiger partial charge is 0.269 e. The summed E-state index contributed by atoms with van der Waals surface area (Å²) >= 11 is 16.5. The maximum Gasteiger partial charge on any atom is 0.269 e. The average molecular weight is 512 g/mol. The fraction of sp³-hybridized carbons (Fsp3) is 0. The molecule has 0 aliphatic heterocycles. The Morgan fingerprint density at radius 1 is 0.806 bits per heavy atom. The molecule has 0 N–H and O–H groups in total. The minimum absolute atomic E-state index is 0.263. The van der Waals surface area contributed by atoms with E-state index in [1.54, 1.807) is 22.9 Å². The summed E-state index contributed by atoms with van der Waals surface area (Å²) in [7, 11) is 0. The van der Waals surface area contributed by atoms with Crippen molar-refractivity contribution >= 4 is 50.2 Å². The van der Waals surface area contributed by atoms with E-state index in [1.807, 2.05) is 54.6 Å². The average Bonchev–Trinajstić information content (AvgIpc) is 3.20. The van der Waals surface area contributed by atoms with E-state index in [-0.39, 0.29) is 5.56 Å². The lowest BCUT2D eigenvalue weighted by Gasteiger charge is -2.15. The van der Waals surface area contributed by atoms with Crippen LogP contribution < -0.4 is 5.56 Å². The molecule has 0 bridgehead atoms. The molecule has 3 aromatic carbocycles. The number of hydrogen-bond acceptors (Lipinski definition) is 3. The minimum atomic E-state index is -0.263. The molecule has 31 heavy (non-hydrogen) atoms. The Kier molecular flexibility index (Phi) is 5.14. The van der Waals surface area contributed by atoms with Gasteiger partial charge in [0, 0.05) is 4.47 Å². The van der Waals surface area contributed by atoms with Crippen LogP contribution in [0.5, 0.6) is 0 Å². The van der Waals surface area contributed by atoms with Crippen LogP contribution in [-0.4, -0.2) is 19.3 Å². The summed E-state index contributed by atoms with van der Waals surface area (Å²) in [4.78, 5) is 18.5. The van der Waals surface area contributed by atoms with Gasteiger partial charge in [-0.05, 0) is 48.5 Å². The lowest BCUT2D eigenvalue weighted by molar-refractivity contribution is 0.888. The van der Waals surface area contributed by atoms with Crippen LogP contribution in [-0.2, 0) is 0 Å². The number of benzene rings is 3. The molecule has 0 aliphatic carbocycles. The van der Waals surface area contributed by atoms with Crippen LogP contribution in [0.1, 0.15) is 0 Å². The molecular formula is C23H13BrCl2N4O. The predicted molar refractivity (Wildman–Crippen MR) is 128 cm³/mol. The molecule has 0 fully saturated rings. The van der Waals surface area contributed by atoms with Gasteiger partial charge < -0.3 is 0 Å². The number of fused-ring (bicyclic) bond motifs is 1. The van der Waals surface area contributed by atoms with Crippen LogP contribution >= 0.6 is 39.1 Å². The van der Waals surface area contributed by atoms with E-state index in [0.717, 1.165) is 10.2 Å². The van der Waals surface area contributed by atoms with Gasteiger partial charge in [-0.3, -0.25) is 9.36 Å². The van der Waals surface area contributed by atoms with Crippen LogP contribution in [0.2, 0.25) is 10.0 Å².